The number of carbonyl (C=O) groups is 2. The van der Waals surface area contributed by atoms with Gasteiger partial charge in [0.15, 0.2) is 11.7 Å². The minimum Gasteiger partial charge on any atom is -0.491 e. The number of aliphatic imine (C=N–C) groups is 1. The fourth-order valence-corrected chi connectivity index (χ4v) is 2.63. The van der Waals surface area contributed by atoms with Crippen molar-refractivity contribution >= 4 is 23.5 Å². The fraction of sp³-hybridized carbons (Fsp3) is 0.435. The summed E-state index contributed by atoms with van der Waals surface area (Å²) in [6.45, 7) is 10.4. The van der Waals surface area contributed by atoms with Gasteiger partial charge < -0.3 is 30.4 Å². The molecule has 0 saturated heterocycles. The highest BCUT2D eigenvalue weighted by Gasteiger charge is 2.13. The molecule has 174 valence electrons. The van der Waals surface area contributed by atoms with E-state index in [9.17, 15) is 9.59 Å². The topological polar surface area (TPSA) is 117 Å². The van der Waals surface area contributed by atoms with Crippen molar-refractivity contribution in [3.8, 4) is 5.75 Å². The smallest absolute Gasteiger partial charge is 0.287 e. The van der Waals surface area contributed by atoms with E-state index in [0.717, 1.165) is 11.4 Å². The SMILES string of the molecule is CC(C)Oc1ccc(NC(=NCC(=O)NC(C)(C)C)NCCNC(=O)c2ccco2)cc1. The number of benzene rings is 1. The number of guanidine groups is 1. The van der Waals surface area contributed by atoms with Crippen LogP contribution in [-0.4, -0.2) is 49.1 Å². The number of nitrogens with zero attached hydrogens (tertiary/aromatic N) is 1. The van der Waals surface area contributed by atoms with Crippen LogP contribution in [0.15, 0.2) is 52.1 Å². The summed E-state index contributed by atoms with van der Waals surface area (Å²) in [5.74, 6) is 0.944. The zero-order valence-electron chi connectivity index (χ0n) is 19.3. The molecule has 0 aliphatic carbocycles. The second-order valence-electron chi connectivity index (χ2n) is 8.44. The van der Waals surface area contributed by atoms with Crippen LogP contribution in [0.1, 0.15) is 45.2 Å². The summed E-state index contributed by atoms with van der Waals surface area (Å²) in [5.41, 5.74) is 0.443. The quantitative estimate of drug-likeness (QED) is 0.269. The van der Waals surface area contributed by atoms with Crippen LogP contribution in [0.5, 0.6) is 5.75 Å². The number of rotatable bonds is 9. The maximum atomic E-state index is 12.2. The van der Waals surface area contributed by atoms with Crippen LogP contribution in [0.3, 0.4) is 0 Å². The predicted molar refractivity (Wildman–Crippen MR) is 125 cm³/mol. The summed E-state index contributed by atoms with van der Waals surface area (Å²) in [6, 6.07) is 10.7. The molecule has 4 N–H and O–H groups in total. The number of nitrogens with one attached hydrogen (secondary N) is 4. The van der Waals surface area contributed by atoms with Gasteiger partial charge in [0.05, 0.1) is 12.4 Å². The molecule has 0 aliphatic rings. The van der Waals surface area contributed by atoms with Gasteiger partial charge in [-0.2, -0.15) is 0 Å². The van der Waals surface area contributed by atoms with Crippen LogP contribution in [0.2, 0.25) is 0 Å². The molecule has 0 atom stereocenters. The number of carbonyl (C=O) groups excluding carboxylic acids is 2. The Kier molecular flexibility index (Phi) is 9.12. The third-order valence-corrected chi connectivity index (χ3v) is 3.83. The third kappa shape index (κ3) is 9.55. The average Bonchev–Trinajstić information content (AvgIpc) is 3.23. The number of ether oxygens (including phenoxy) is 1. The molecular formula is C23H33N5O4. The van der Waals surface area contributed by atoms with Gasteiger partial charge in [0.1, 0.15) is 12.3 Å². The fourth-order valence-electron chi connectivity index (χ4n) is 2.63. The van der Waals surface area contributed by atoms with E-state index in [1.165, 1.54) is 6.26 Å². The summed E-state index contributed by atoms with van der Waals surface area (Å²) >= 11 is 0. The van der Waals surface area contributed by atoms with E-state index in [1.807, 2.05) is 58.9 Å². The lowest BCUT2D eigenvalue weighted by atomic mass is 10.1. The van der Waals surface area contributed by atoms with Crippen LogP contribution >= 0.6 is 0 Å². The van der Waals surface area contributed by atoms with Gasteiger partial charge in [-0.25, -0.2) is 4.99 Å². The molecule has 0 radical (unpaired) electrons. The van der Waals surface area contributed by atoms with E-state index in [4.69, 9.17) is 9.15 Å². The molecule has 0 saturated carbocycles. The minimum absolute atomic E-state index is 0.0418. The van der Waals surface area contributed by atoms with Gasteiger partial charge in [-0.3, -0.25) is 9.59 Å². The number of anilines is 1. The van der Waals surface area contributed by atoms with Gasteiger partial charge in [-0.15, -0.1) is 0 Å². The minimum atomic E-state index is -0.337. The van der Waals surface area contributed by atoms with Gasteiger partial charge in [0, 0.05) is 24.3 Å². The normalized spacial score (nSPS) is 11.8. The Morgan fingerprint density at radius 2 is 1.75 bits per heavy atom. The lowest BCUT2D eigenvalue weighted by Crippen LogP contribution is -2.43. The summed E-state index contributed by atoms with van der Waals surface area (Å²) < 4.78 is 10.7. The maximum absolute atomic E-state index is 12.2. The molecule has 2 aromatic rings. The first-order valence-corrected chi connectivity index (χ1v) is 10.6. The monoisotopic (exact) mass is 443 g/mol. The molecule has 0 aliphatic heterocycles. The zero-order chi connectivity index (χ0) is 23.6. The number of hydrogen-bond donors (Lipinski definition) is 4. The molecule has 1 heterocycles. The van der Waals surface area contributed by atoms with E-state index < -0.39 is 0 Å². The number of hydrogen-bond acceptors (Lipinski definition) is 5. The van der Waals surface area contributed by atoms with Gasteiger partial charge in [-0.1, -0.05) is 0 Å². The van der Waals surface area contributed by atoms with E-state index in [2.05, 4.69) is 26.3 Å². The Morgan fingerprint density at radius 1 is 1.06 bits per heavy atom. The Bertz CT molecular complexity index is 884. The molecule has 0 spiro atoms. The van der Waals surface area contributed by atoms with Crippen molar-refractivity contribution < 1.29 is 18.7 Å². The van der Waals surface area contributed by atoms with Gasteiger partial charge >= 0.3 is 0 Å². The molecule has 1 aromatic carbocycles. The molecule has 32 heavy (non-hydrogen) atoms. The Balaban J connectivity index is 1.96. The molecule has 0 fully saturated rings. The van der Waals surface area contributed by atoms with Crippen molar-refractivity contribution in [1.82, 2.24) is 16.0 Å². The highest BCUT2D eigenvalue weighted by atomic mass is 16.5. The van der Waals surface area contributed by atoms with Gasteiger partial charge in [-0.05, 0) is 71.0 Å². The molecule has 0 bridgehead atoms. The standard InChI is InChI=1S/C23H33N5O4/c1-16(2)32-18-10-8-17(9-11-18)27-22(26-15-20(29)28-23(3,4)5)25-13-12-24-21(30)19-7-6-14-31-19/h6-11,14,16H,12-13,15H2,1-5H3,(H,24,30)(H,28,29)(H2,25,26,27). The Morgan fingerprint density at radius 3 is 2.34 bits per heavy atom. The van der Waals surface area contributed by atoms with E-state index in [0.29, 0.717) is 19.0 Å². The maximum Gasteiger partial charge on any atom is 0.287 e. The van der Waals surface area contributed by atoms with E-state index in [-0.39, 0.29) is 35.8 Å². The molecule has 9 heteroatoms. The van der Waals surface area contributed by atoms with Crippen LogP contribution in [-0.2, 0) is 4.79 Å². The first-order valence-electron chi connectivity index (χ1n) is 10.6. The third-order valence-electron chi connectivity index (χ3n) is 3.83. The molecular weight excluding hydrogens is 410 g/mol. The largest absolute Gasteiger partial charge is 0.491 e. The lowest BCUT2D eigenvalue weighted by molar-refractivity contribution is -0.121. The molecule has 9 nitrogen and oxygen atoms in total. The summed E-state index contributed by atoms with van der Waals surface area (Å²) in [5, 5.41) is 11.9. The molecule has 2 amide bonds. The molecule has 1 aromatic heterocycles. The van der Waals surface area contributed by atoms with Crippen LogP contribution in [0.25, 0.3) is 0 Å². The van der Waals surface area contributed by atoms with Crippen molar-refractivity contribution in [2.45, 2.75) is 46.3 Å². The Hall–Kier alpha value is -3.49. The van der Waals surface area contributed by atoms with Crippen LogP contribution in [0.4, 0.5) is 5.69 Å². The van der Waals surface area contributed by atoms with Crippen molar-refractivity contribution in [2.75, 3.05) is 25.0 Å². The van der Waals surface area contributed by atoms with Crippen LogP contribution in [0, 0.1) is 0 Å². The second-order valence-corrected chi connectivity index (χ2v) is 8.44. The first-order chi connectivity index (χ1) is 15.1. The summed E-state index contributed by atoms with van der Waals surface area (Å²) in [4.78, 5) is 28.5. The zero-order valence-corrected chi connectivity index (χ0v) is 19.3. The predicted octanol–water partition coefficient (Wildman–Crippen LogP) is 2.77. The van der Waals surface area contributed by atoms with Crippen LogP contribution < -0.4 is 26.0 Å². The van der Waals surface area contributed by atoms with E-state index >= 15 is 0 Å². The van der Waals surface area contributed by atoms with Gasteiger partial charge in [0.2, 0.25) is 5.91 Å². The summed E-state index contributed by atoms with van der Waals surface area (Å²) in [7, 11) is 0. The van der Waals surface area contributed by atoms with E-state index in [1.54, 1.807) is 12.1 Å². The highest BCUT2D eigenvalue weighted by molar-refractivity contribution is 5.95. The van der Waals surface area contributed by atoms with Crippen molar-refractivity contribution in [3.63, 3.8) is 0 Å². The second kappa shape index (κ2) is 11.8. The van der Waals surface area contributed by atoms with Crippen molar-refractivity contribution in [2.24, 2.45) is 4.99 Å². The Labute approximate surface area is 189 Å². The molecule has 0 unspecified atom stereocenters. The average molecular weight is 444 g/mol. The first kappa shape index (κ1) is 24.8. The highest BCUT2D eigenvalue weighted by Crippen LogP contribution is 2.16. The van der Waals surface area contributed by atoms with Crippen molar-refractivity contribution in [1.29, 1.82) is 0 Å². The number of furan rings is 1. The summed E-state index contributed by atoms with van der Waals surface area (Å²) in [6.07, 6.45) is 1.53. The number of amides is 2. The van der Waals surface area contributed by atoms with Gasteiger partial charge in [0.25, 0.3) is 5.91 Å². The molecule has 2 rings (SSSR count). The van der Waals surface area contributed by atoms with Crippen molar-refractivity contribution in [3.05, 3.63) is 48.4 Å². The lowest BCUT2D eigenvalue weighted by Gasteiger charge is -2.20.